The molecule has 0 aliphatic carbocycles. The molecule has 0 spiro atoms. The van der Waals surface area contributed by atoms with Gasteiger partial charge < -0.3 is 4.74 Å². The summed E-state index contributed by atoms with van der Waals surface area (Å²) in [5, 5.41) is -0.313. The van der Waals surface area contributed by atoms with E-state index in [-0.39, 0.29) is 17.1 Å². The summed E-state index contributed by atoms with van der Waals surface area (Å²) in [6.45, 7) is 2.41. The second-order valence-corrected chi connectivity index (χ2v) is 8.16. The van der Waals surface area contributed by atoms with E-state index in [9.17, 15) is 8.42 Å². The van der Waals surface area contributed by atoms with Gasteiger partial charge in [0.2, 0.25) is 0 Å². The summed E-state index contributed by atoms with van der Waals surface area (Å²) < 4.78 is 30.8. The molecule has 1 heterocycles. The number of rotatable bonds is 5. The molecule has 1 aromatic carbocycles. The van der Waals surface area contributed by atoms with Crippen LogP contribution in [-0.4, -0.2) is 32.1 Å². The van der Waals surface area contributed by atoms with E-state index in [1.165, 1.54) is 0 Å². The summed E-state index contributed by atoms with van der Waals surface area (Å²) in [5.41, 5.74) is 1.16. The van der Waals surface area contributed by atoms with Gasteiger partial charge in [0.25, 0.3) is 0 Å². The van der Waals surface area contributed by atoms with Crippen LogP contribution in [0.1, 0.15) is 25.3 Å². The van der Waals surface area contributed by atoms with Gasteiger partial charge in [-0.25, -0.2) is 8.42 Å². The molecule has 0 N–H and O–H groups in total. The second kappa shape index (κ2) is 6.37. The summed E-state index contributed by atoms with van der Waals surface area (Å²) in [4.78, 5) is 0. The summed E-state index contributed by atoms with van der Waals surface area (Å²) in [6.07, 6.45) is 1.92. The zero-order valence-electron chi connectivity index (χ0n) is 11.0. The van der Waals surface area contributed by atoms with Gasteiger partial charge in [-0.3, -0.25) is 0 Å². The lowest BCUT2D eigenvalue weighted by Gasteiger charge is -2.15. The zero-order chi connectivity index (χ0) is 13.9. The van der Waals surface area contributed by atoms with Crippen molar-refractivity contribution in [3.8, 4) is 0 Å². The minimum absolute atomic E-state index is 0.159. The van der Waals surface area contributed by atoms with E-state index >= 15 is 0 Å². The Bertz CT molecular complexity index is 527. The number of hydrogen-bond donors (Lipinski definition) is 0. The van der Waals surface area contributed by atoms with Crippen molar-refractivity contribution in [3.05, 3.63) is 34.3 Å². The Hall–Kier alpha value is -0.390. The van der Waals surface area contributed by atoms with Crippen molar-refractivity contribution < 1.29 is 13.2 Å². The molecule has 1 saturated heterocycles. The first kappa shape index (κ1) is 15.0. The maximum absolute atomic E-state index is 12.2. The van der Waals surface area contributed by atoms with Crippen molar-refractivity contribution in [1.29, 1.82) is 0 Å². The van der Waals surface area contributed by atoms with Crippen molar-refractivity contribution in [2.75, 3.05) is 12.4 Å². The Labute approximate surface area is 123 Å². The topological polar surface area (TPSA) is 43.4 Å². The van der Waals surface area contributed by atoms with Crippen LogP contribution < -0.4 is 0 Å². The normalized spacial score (nSPS) is 23.7. The molecule has 1 aliphatic rings. The van der Waals surface area contributed by atoms with Crippen molar-refractivity contribution in [3.63, 3.8) is 0 Å². The summed E-state index contributed by atoms with van der Waals surface area (Å²) in [7, 11) is -3.03. The fraction of sp³-hybridized carbons (Fsp3) is 0.571. The molecule has 0 saturated carbocycles. The molecule has 1 aliphatic heterocycles. The van der Waals surface area contributed by atoms with Crippen LogP contribution in [0.5, 0.6) is 0 Å². The SMILES string of the molecule is CC1OCCC1S(=O)(=O)CCCc1ccccc1Br. The van der Waals surface area contributed by atoms with Crippen LogP contribution in [0, 0.1) is 0 Å². The predicted octanol–water partition coefficient (Wildman–Crippen LogP) is 2.97. The largest absolute Gasteiger partial charge is 0.377 e. The van der Waals surface area contributed by atoms with Crippen LogP contribution in [0.3, 0.4) is 0 Å². The van der Waals surface area contributed by atoms with Crippen LogP contribution in [-0.2, 0) is 21.0 Å². The number of hydrogen-bond acceptors (Lipinski definition) is 3. The van der Waals surface area contributed by atoms with Gasteiger partial charge in [0.1, 0.15) is 0 Å². The van der Waals surface area contributed by atoms with E-state index < -0.39 is 9.84 Å². The fourth-order valence-electron chi connectivity index (χ4n) is 2.50. The molecule has 2 rings (SSSR count). The molecule has 0 aromatic heterocycles. The highest BCUT2D eigenvalue weighted by Gasteiger charge is 2.35. The van der Waals surface area contributed by atoms with Crippen molar-refractivity contribution in [1.82, 2.24) is 0 Å². The second-order valence-electron chi connectivity index (χ2n) is 4.96. The molecule has 1 fully saturated rings. The first-order valence-corrected chi connectivity index (χ1v) is 9.08. The van der Waals surface area contributed by atoms with Gasteiger partial charge in [-0.1, -0.05) is 34.1 Å². The Morgan fingerprint density at radius 2 is 2.11 bits per heavy atom. The van der Waals surface area contributed by atoms with E-state index in [1.54, 1.807) is 0 Å². The van der Waals surface area contributed by atoms with Gasteiger partial charge in [0.05, 0.1) is 17.1 Å². The highest BCUT2D eigenvalue weighted by atomic mass is 79.9. The molecular weight excluding hydrogens is 328 g/mol. The van der Waals surface area contributed by atoms with Crippen molar-refractivity contribution >= 4 is 25.8 Å². The first-order valence-electron chi connectivity index (χ1n) is 6.57. The Morgan fingerprint density at radius 1 is 1.37 bits per heavy atom. The fourth-order valence-corrected chi connectivity index (χ4v) is 4.95. The Kier molecular flexibility index (Phi) is 5.03. The lowest BCUT2D eigenvalue weighted by molar-refractivity contribution is 0.126. The minimum Gasteiger partial charge on any atom is -0.377 e. The average Bonchev–Trinajstić information content (AvgIpc) is 2.79. The molecule has 2 atom stereocenters. The predicted molar refractivity (Wildman–Crippen MR) is 80.1 cm³/mol. The van der Waals surface area contributed by atoms with Crippen molar-refractivity contribution in [2.24, 2.45) is 0 Å². The molecule has 19 heavy (non-hydrogen) atoms. The van der Waals surface area contributed by atoms with Gasteiger partial charge in [-0.2, -0.15) is 0 Å². The molecule has 3 nitrogen and oxygen atoms in total. The Morgan fingerprint density at radius 3 is 2.74 bits per heavy atom. The molecule has 0 amide bonds. The number of benzene rings is 1. The number of sulfone groups is 1. The van der Waals surface area contributed by atoms with Gasteiger partial charge in [-0.05, 0) is 37.8 Å². The summed E-state index contributed by atoms with van der Waals surface area (Å²) >= 11 is 3.48. The minimum atomic E-state index is -3.03. The van der Waals surface area contributed by atoms with E-state index in [0.717, 1.165) is 16.5 Å². The molecule has 0 radical (unpaired) electrons. The van der Waals surface area contributed by atoms with Gasteiger partial charge in [0, 0.05) is 11.1 Å². The molecule has 5 heteroatoms. The third-order valence-electron chi connectivity index (χ3n) is 3.60. The highest BCUT2D eigenvalue weighted by molar-refractivity contribution is 9.10. The third kappa shape index (κ3) is 3.80. The maximum Gasteiger partial charge on any atom is 0.155 e. The van der Waals surface area contributed by atoms with Crippen LogP contribution in [0.2, 0.25) is 0 Å². The lowest BCUT2D eigenvalue weighted by atomic mass is 10.1. The first-order chi connectivity index (χ1) is 9.00. The van der Waals surface area contributed by atoms with E-state index in [2.05, 4.69) is 15.9 Å². The van der Waals surface area contributed by atoms with E-state index in [4.69, 9.17) is 4.74 Å². The summed E-state index contributed by atoms with van der Waals surface area (Å²) in [6, 6.07) is 7.94. The average molecular weight is 347 g/mol. The summed E-state index contributed by atoms with van der Waals surface area (Å²) in [5.74, 6) is 0.243. The van der Waals surface area contributed by atoms with Crippen LogP contribution in [0.4, 0.5) is 0 Å². The van der Waals surface area contributed by atoms with Gasteiger partial charge in [0.15, 0.2) is 9.84 Å². The molecule has 106 valence electrons. The van der Waals surface area contributed by atoms with Crippen LogP contribution in [0.15, 0.2) is 28.7 Å². The molecular formula is C14H19BrO3S. The number of halogens is 1. The standard InChI is InChI=1S/C14H19BrO3S/c1-11-14(8-9-18-11)19(16,17)10-4-6-12-5-2-3-7-13(12)15/h2-3,5,7,11,14H,4,6,8-10H2,1H3. The quantitative estimate of drug-likeness (QED) is 0.823. The number of aryl methyl sites for hydroxylation is 1. The maximum atomic E-state index is 12.2. The lowest BCUT2D eigenvalue weighted by Crippen LogP contribution is -2.30. The third-order valence-corrected chi connectivity index (χ3v) is 6.77. The monoisotopic (exact) mass is 346 g/mol. The Balaban J connectivity index is 1.90. The van der Waals surface area contributed by atoms with E-state index in [0.29, 0.717) is 19.4 Å². The molecule has 2 unspecified atom stereocenters. The van der Waals surface area contributed by atoms with Crippen LogP contribution in [0.25, 0.3) is 0 Å². The van der Waals surface area contributed by atoms with Gasteiger partial charge >= 0.3 is 0 Å². The van der Waals surface area contributed by atoms with Crippen molar-refractivity contribution in [2.45, 2.75) is 37.5 Å². The number of ether oxygens (including phenoxy) is 1. The van der Waals surface area contributed by atoms with E-state index in [1.807, 2.05) is 31.2 Å². The van der Waals surface area contributed by atoms with Gasteiger partial charge in [-0.15, -0.1) is 0 Å². The highest BCUT2D eigenvalue weighted by Crippen LogP contribution is 2.23. The molecule has 0 bridgehead atoms. The smallest absolute Gasteiger partial charge is 0.155 e. The van der Waals surface area contributed by atoms with Crippen LogP contribution >= 0.6 is 15.9 Å². The zero-order valence-corrected chi connectivity index (χ0v) is 13.4. The molecule has 1 aromatic rings.